The Labute approximate surface area is 274 Å². The summed E-state index contributed by atoms with van der Waals surface area (Å²) in [5, 5.41) is 10.1. The summed E-state index contributed by atoms with van der Waals surface area (Å²) in [6.45, 7) is 13.5. The molecule has 1 amide bonds. The Morgan fingerprint density at radius 2 is 1.50 bits per heavy atom. The lowest BCUT2D eigenvalue weighted by molar-refractivity contribution is -0.121. The number of amides is 1. The minimum atomic E-state index is -0.286. The van der Waals surface area contributed by atoms with Gasteiger partial charge in [-0.1, -0.05) is 101 Å². The SMILES string of the molecule is CCC(c1ccc(C(=O)NCC(=N)N)cc1)C1C(=O)C(c2ccc(-c3ccc(C)cc3)cc2)=NC2(CCC(C(C)(C)C)CC2)C1C. The minimum absolute atomic E-state index is 0.00798. The monoisotopic (exact) mass is 618 g/mol. The summed E-state index contributed by atoms with van der Waals surface area (Å²) >= 11 is 0. The molecule has 0 aromatic heterocycles. The molecule has 3 aromatic carbocycles. The first kappa shape index (κ1) is 33.3. The van der Waals surface area contributed by atoms with Gasteiger partial charge in [0.15, 0.2) is 5.78 Å². The second kappa shape index (κ2) is 13.4. The molecule has 6 heteroatoms. The molecule has 3 aromatic rings. The highest BCUT2D eigenvalue weighted by Gasteiger charge is 2.52. The number of aryl methyl sites for hydroxylation is 1. The van der Waals surface area contributed by atoms with Crippen LogP contribution in [0.4, 0.5) is 0 Å². The van der Waals surface area contributed by atoms with E-state index in [1.807, 2.05) is 24.3 Å². The lowest BCUT2D eigenvalue weighted by Gasteiger charge is -2.50. The van der Waals surface area contributed by atoms with Crippen LogP contribution in [0.15, 0.2) is 77.8 Å². The highest BCUT2D eigenvalue weighted by atomic mass is 16.1. The number of rotatable bonds is 8. The fraction of sp³-hybridized carbons (Fsp3) is 0.450. The molecular weight excluding hydrogens is 568 g/mol. The van der Waals surface area contributed by atoms with Crippen molar-refractivity contribution < 1.29 is 9.59 Å². The summed E-state index contributed by atoms with van der Waals surface area (Å²) in [5.74, 6) is 0.250. The van der Waals surface area contributed by atoms with Crippen molar-refractivity contribution in [1.29, 1.82) is 5.41 Å². The van der Waals surface area contributed by atoms with Crippen molar-refractivity contribution in [1.82, 2.24) is 5.32 Å². The largest absolute Gasteiger partial charge is 0.386 e. The van der Waals surface area contributed by atoms with Gasteiger partial charge in [-0.25, -0.2) is 0 Å². The van der Waals surface area contributed by atoms with Crippen molar-refractivity contribution in [3.63, 3.8) is 0 Å². The van der Waals surface area contributed by atoms with Crippen molar-refractivity contribution in [3.8, 4) is 11.1 Å². The standard InChI is InChI=1S/C40H50N4O2/c1-7-33(29-14-18-31(19-15-29)38(46)43-24-34(41)42)35-26(3)40(22-20-32(21-23-40)39(4,5)6)44-36(37(35)45)30-16-12-28(13-17-30)27-10-8-25(2)9-11-27/h8-19,26,32-33,35H,7,20-24H2,1-6H3,(H3,41,42)(H,43,46). The van der Waals surface area contributed by atoms with Crippen LogP contribution in [0, 0.1) is 35.5 Å². The van der Waals surface area contributed by atoms with Crippen LogP contribution in [0.5, 0.6) is 0 Å². The third-order valence-electron chi connectivity index (χ3n) is 10.8. The Morgan fingerprint density at radius 3 is 2.02 bits per heavy atom. The molecule has 5 rings (SSSR count). The number of nitrogens with one attached hydrogen (secondary N) is 2. The minimum Gasteiger partial charge on any atom is -0.386 e. The Morgan fingerprint density at radius 1 is 0.957 bits per heavy atom. The first-order valence-corrected chi connectivity index (χ1v) is 16.9. The molecule has 1 aliphatic heterocycles. The Hall–Kier alpha value is -4.06. The summed E-state index contributed by atoms with van der Waals surface area (Å²) in [5.41, 5.74) is 12.0. The normalized spacial score (nSPS) is 23.9. The molecule has 4 N–H and O–H groups in total. The maximum Gasteiger partial charge on any atom is 0.251 e. The van der Waals surface area contributed by atoms with Gasteiger partial charge in [-0.3, -0.25) is 20.0 Å². The number of amidine groups is 1. The molecule has 0 bridgehead atoms. The number of nitrogens with two attached hydrogens (primary N) is 1. The second-order valence-electron chi connectivity index (χ2n) is 14.7. The molecule has 1 heterocycles. The van der Waals surface area contributed by atoms with Crippen LogP contribution in [0.1, 0.15) is 99.7 Å². The lowest BCUT2D eigenvalue weighted by Crippen LogP contribution is -2.52. The first-order chi connectivity index (χ1) is 21.8. The molecule has 1 spiro atoms. The van der Waals surface area contributed by atoms with E-state index in [0.29, 0.717) is 17.2 Å². The first-order valence-electron chi connectivity index (χ1n) is 16.9. The number of benzene rings is 3. The predicted octanol–water partition coefficient (Wildman–Crippen LogP) is 8.12. The number of aliphatic imine (C=N–C) groups is 1. The number of carbonyl (C=O) groups excluding carboxylic acids is 2. The topological polar surface area (TPSA) is 108 Å². The van der Waals surface area contributed by atoms with Crippen molar-refractivity contribution in [2.45, 2.75) is 85.1 Å². The molecule has 1 fully saturated rings. The van der Waals surface area contributed by atoms with Gasteiger partial charge in [-0.05, 0) is 91.0 Å². The van der Waals surface area contributed by atoms with Gasteiger partial charge in [0.05, 0.1) is 12.1 Å². The summed E-state index contributed by atoms with van der Waals surface area (Å²) in [6, 6.07) is 24.5. The van der Waals surface area contributed by atoms with E-state index >= 15 is 0 Å². The Balaban J connectivity index is 1.50. The fourth-order valence-electron chi connectivity index (χ4n) is 7.81. The van der Waals surface area contributed by atoms with Crippen LogP contribution in [0.2, 0.25) is 0 Å². The molecule has 3 atom stereocenters. The van der Waals surface area contributed by atoms with Crippen molar-refractivity contribution in [3.05, 3.63) is 95.1 Å². The van der Waals surface area contributed by atoms with Gasteiger partial charge in [0.2, 0.25) is 0 Å². The molecule has 46 heavy (non-hydrogen) atoms. The lowest BCUT2D eigenvalue weighted by atomic mass is 9.58. The zero-order chi connectivity index (χ0) is 33.2. The fourth-order valence-corrected chi connectivity index (χ4v) is 7.81. The predicted molar refractivity (Wildman–Crippen MR) is 189 cm³/mol. The van der Waals surface area contributed by atoms with Gasteiger partial charge in [-0.2, -0.15) is 0 Å². The average Bonchev–Trinajstić information content (AvgIpc) is 3.04. The number of Topliss-reactive ketones (excluding diaryl/α,β-unsaturated/α-hetero) is 1. The van der Waals surface area contributed by atoms with Crippen LogP contribution in [-0.4, -0.2) is 35.3 Å². The quantitative estimate of drug-likeness (QED) is 0.175. The molecule has 0 radical (unpaired) electrons. The molecule has 1 saturated carbocycles. The van der Waals surface area contributed by atoms with E-state index in [1.165, 1.54) is 5.56 Å². The third kappa shape index (κ3) is 6.86. The molecule has 3 unspecified atom stereocenters. The zero-order valence-corrected chi connectivity index (χ0v) is 28.3. The number of carbonyl (C=O) groups is 2. The maximum absolute atomic E-state index is 14.6. The van der Waals surface area contributed by atoms with Crippen molar-refractivity contribution in [2.75, 3.05) is 6.54 Å². The van der Waals surface area contributed by atoms with E-state index in [1.54, 1.807) is 0 Å². The van der Waals surface area contributed by atoms with E-state index in [0.717, 1.165) is 54.4 Å². The van der Waals surface area contributed by atoms with E-state index in [-0.39, 0.29) is 52.8 Å². The van der Waals surface area contributed by atoms with E-state index in [4.69, 9.17) is 16.1 Å². The van der Waals surface area contributed by atoms with Gasteiger partial charge in [0, 0.05) is 17.0 Å². The summed E-state index contributed by atoms with van der Waals surface area (Å²) < 4.78 is 0. The van der Waals surface area contributed by atoms with Crippen molar-refractivity contribution >= 4 is 23.2 Å². The molecule has 0 saturated heterocycles. The van der Waals surface area contributed by atoms with Crippen LogP contribution in [0.25, 0.3) is 11.1 Å². The Bertz CT molecular complexity index is 1590. The van der Waals surface area contributed by atoms with Crippen LogP contribution in [-0.2, 0) is 4.79 Å². The summed E-state index contributed by atoms with van der Waals surface area (Å²) in [4.78, 5) is 32.7. The molecule has 242 valence electrons. The smallest absolute Gasteiger partial charge is 0.251 e. The van der Waals surface area contributed by atoms with Gasteiger partial charge < -0.3 is 11.1 Å². The molecule has 6 nitrogen and oxygen atoms in total. The Kier molecular flexibility index (Phi) is 9.67. The zero-order valence-electron chi connectivity index (χ0n) is 28.3. The van der Waals surface area contributed by atoms with Gasteiger partial charge >= 0.3 is 0 Å². The number of ketones is 1. The molecule has 1 aliphatic carbocycles. The van der Waals surface area contributed by atoms with Crippen LogP contribution in [0.3, 0.4) is 0 Å². The van der Waals surface area contributed by atoms with Gasteiger partial charge in [0.25, 0.3) is 5.91 Å². The van der Waals surface area contributed by atoms with E-state index in [2.05, 4.69) is 95.4 Å². The second-order valence-corrected chi connectivity index (χ2v) is 14.7. The van der Waals surface area contributed by atoms with Crippen LogP contribution >= 0.6 is 0 Å². The van der Waals surface area contributed by atoms with Gasteiger partial charge in [-0.15, -0.1) is 0 Å². The molecule has 2 aliphatic rings. The summed E-state index contributed by atoms with van der Waals surface area (Å²) in [7, 11) is 0. The van der Waals surface area contributed by atoms with E-state index < -0.39 is 0 Å². The number of nitrogens with zero attached hydrogens (tertiary/aromatic N) is 1. The number of hydrogen-bond acceptors (Lipinski definition) is 4. The highest BCUT2D eigenvalue weighted by Crippen LogP contribution is 2.52. The van der Waals surface area contributed by atoms with Gasteiger partial charge in [0.1, 0.15) is 11.5 Å². The highest BCUT2D eigenvalue weighted by molar-refractivity contribution is 6.47. The molecular formula is C40H50N4O2. The van der Waals surface area contributed by atoms with Crippen LogP contribution < -0.4 is 11.1 Å². The van der Waals surface area contributed by atoms with Crippen molar-refractivity contribution in [2.24, 2.45) is 33.9 Å². The third-order valence-corrected chi connectivity index (χ3v) is 10.8. The van der Waals surface area contributed by atoms with E-state index in [9.17, 15) is 9.59 Å². The maximum atomic E-state index is 14.6. The average molecular weight is 619 g/mol. The summed E-state index contributed by atoms with van der Waals surface area (Å²) in [6.07, 6.45) is 4.99. The number of hydrogen-bond donors (Lipinski definition) is 3.